The molecule has 0 saturated heterocycles. The molecule has 1 aromatic rings. The fraction of sp³-hybridized carbons (Fsp3) is 0.182. The molecule has 2 N–H and O–H groups in total. The quantitative estimate of drug-likeness (QED) is 0.768. The minimum absolute atomic E-state index is 0.194. The van der Waals surface area contributed by atoms with E-state index in [-0.39, 0.29) is 5.75 Å². The van der Waals surface area contributed by atoms with Crippen molar-refractivity contribution in [2.45, 2.75) is 13.8 Å². The van der Waals surface area contributed by atoms with E-state index in [1.165, 1.54) is 0 Å². The number of benzene rings is 1. The zero-order chi connectivity index (χ0) is 11.4. The van der Waals surface area contributed by atoms with Crippen molar-refractivity contribution in [2.75, 3.05) is 5.32 Å². The van der Waals surface area contributed by atoms with Crippen LogP contribution in [-0.4, -0.2) is 11.0 Å². The molecule has 4 heteroatoms. The second kappa shape index (κ2) is 4.85. The van der Waals surface area contributed by atoms with Gasteiger partial charge in [0.15, 0.2) is 0 Å². The fourth-order valence-electron chi connectivity index (χ4n) is 1.17. The molecule has 0 saturated carbocycles. The monoisotopic (exact) mass is 267 g/mol. The van der Waals surface area contributed by atoms with Gasteiger partial charge in [0.1, 0.15) is 5.75 Å². The number of aryl methyl sites for hydroxylation is 1. The number of hydrogen-bond donors (Lipinski definition) is 2. The third-order valence-corrected chi connectivity index (χ3v) is 2.24. The van der Waals surface area contributed by atoms with Crippen LogP contribution in [0.4, 0.5) is 5.69 Å². The molecule has 0 aliphatic carbocycles. The first-order chi connectivity index (χ1) is 7.06. The average Bonchev–Trinajstić information content (AvgIpc) is 2.20. The molecule has 1 aromatic carbocycles. The highest BCUT2D eigenvalue weighted by molar-refractivity contribution is 9.12. The number of anilines is 1. The lowest BCUT2D eigenvalue weighted by atomic mass is 10.1. The summed E-state index contributed by atoms with van der Waals surface area (Å²) in [6.07, 6.45) is 0. The summed E-state index contributed by atoms with van der Waals surface area (Å²) in [4.78, 5) is 13.5. The van der Waals surface area contributed by atoms with Crippen LogP contribution in [0.5, 0.6) is 5.75 Å². The summed E-state index contributed by atoms with van der Waals surface area (Å²) in [7, 11) is 0. The van der Waals surface area contributed by atoms with Crippen molar-refractivity contribution >= 4 is 27.5 Å². The number of phenols is 1. The molecule has 15 heavy (non-hydrogen) atoms. The SMILES string of the molecule is Cc1ccc(NC(=O)C#CBr)c(C)c1O. The zero-order valence-corrected chi connectivity index (χ0v) is 9.97. The van der Waals surface area contributed by atoms with E-state index in [4.69, 9.17) is 0 Å². The van der Waals surface area contributed by atoms with Gasteiger partial charge in [-0.2, -0.15) is 0 Å². The first-order valence-corrected chi connectivity index (χ1v) is 5.07. The zero-order valence-electron chi connectivity index (χ0n) is 8.39. The molecule has 0 aliphatic rings. The van der Waals surface area contributed by atoms with Crippen LogP contribution in [-0.2, 0) is 4.79 Å². The third-order valence-electron chi connectivity index (χ3n) is 2.04. The summed E-state index contributed by atoms with van der Waals surface area (Å²) < 4.78 is 0. The van der Waals surface area contributed by atoms with E-state index < -0.39 is 5.91 Å². The van der Waals surface area contributed by atoms with Crippen molar-refractivity contribution in [2.24, 2.45) is 0 Å². The van der Waals surface area contributed by atoms with Gasteiger partial charge in [0.05, 0.1) is 0 Å². The minimum atomic E-state index is -0.418. The maximum atomic E-state index is 11.2. The van der Waals surface area contributed by atoms with Crippen molar-refractivity contribution in [3.8, 4) is 16.5 Å². The second-order valence-electron chi connectivity index (χ2n) is 3.08. The summed E-state index contributed by atoms with van der Waals surface area (Å²) >= 11 is 2.84. The number of aromatic hydroxyl groups is 1. The number of rotatable bonds is 1. The summed E-state index contributed by atoms with van der Waals surface area (Å²) in [5.41, 5.74) is 1.98. The van der Waals surface area contributed by atoms with Crippen molar-refractivity contribution in [3.05, 3.63) is 23.3 Å². The highest BCUT2D eigenvalue weighted by Gasteiger charge is 2.07. The average molecular weight is 268 g/mol. The summed E-state index contributed by atoms with van der Waals surface area (Å²) in [5.74, 6) is 2.07. The maximum absolute atomic E-state index is 11.2. The van der Waals surface area contributed by atoms with E-state index in [0.29, 0.717) is 11.3 Å². The van der Waals surface area contributed by atoms with Crippen LogP contribution in [0.25, 0.3) is 0 Å². The Hall–Kier alpha value is -1.47. The smallest absolute Gasteiger partial charge is 0.301 e. The van der Waals surface area contributed by atoms with E-state index in [1.807, 2.05) is 0 Å². The van der Waals surface area contributed by atoms with Gasteiger partial charge in [-0.25, -0.2) is 0 Å². The van der Waals surface area contributed by atoms with Gasteiger partial charge in [-0.1, -0.05) is 6.07 Å². The van der Waals surface area contributed by atoms with Crippen molar-refractivity contribution < 1.29 is 9.90 Å². The van der Waals surface area contributed by atoms with Crippen LogP contribution in [0, 0.1) is 24.6 Å². The Labute approximate surface area is 96.6 Å². The lowest BCUT2D eigenvalue weighted by Gasteiger charge is -2.09. The standard InChI is InChI=1S/C11H10BrNO2/c1-7-3-4-9(8(2)11(7)15)13-10(14)5-6-12/h3-4,15H,1-2H3,(H,13,14). The predicted molar refractivity (Wildman–Crippen MR) is 62.9 cm³/mol. The molecule has 1 amide bonds. The Morgan fingerprint density at radius 1 is 1.47 bits per heavy atom. The van der Waals surface area contributed by atoms with Crippen LogP contribution in [0.3, 0.4) is 0 Å². The summed E-state index contributed by atoms with van der Waals surface area (Å²) in [5, 5.41) is 12.2. The Kier molecular flexibility index (Phi) is 3.75. The lowest BCUT2D eigenvalue weighted by molar-refractivity contribution is -0.111. The van der Waals surface area contributed by atoms with Crippen LogP contribution >= 0.6 is 15.9 Å². The first-order valence-electron chi connectivity index (χ1n) is 4.28. The Morgan fingerprint density at radius 2 is 2.13 bits per heavy atom. The molecule has 0 spiro atoms. The molecule has 0 radical (unpaired) electrons. The predicted octanol–water partition coefficient (Wildman–Crippen LogP) is 2.30. The minimum Gasteiger partial charge on any atom is -0.507 e. The third kappa shape index (κ3) is 2.74. The Balaban J connectivity index is 3.00. The molecule has 0 atom stereocenters. The lowest BCUT2D eigenvalue weighted by Crippen LogP contribution is -2.09. The van der Waals surface area contributed by atoms with Gasteiger partial charge in [-0.15, -0.1) is 0 Å². The molecule has 0 aliphatic heterocycles. The van der Waals surface area contributed by atoms with Crippen LogP contribution in [0.15, 0.2) is 12.1 Å². The van der Waals surface area contributed by atoms with Gasteiger partial charge in [0.2, 0.25) is 0 Å². The maximum Gasteiger partial charge on any atom is 0.301 e. The van der Waals surface area contributed by atoms with Crippen molar-refractivity contribution in [3.63, 3.8) is 0 Å². The fourth-order valence-corrected chi connectivity index (χ4v) is 1.35. The van der Waals surface area contributed by atoms with Gasteiger partial charge in [0.25, 0.3) is 0 Å². The van der Waals surface area contributed by atoms with Gasteiger partial charge in [-0.05, 0) is 30.3 Å². The molecule has 0 fully saturated rings. The highest BCUT2D eigenvalue weighted by atomic mass is 79.9. The number of phenolic OH excluding ortho intramolecular Hbond substituents is 1. The van der Waals surface area contributed by atoms with Crippen molar-refractivity contribution in [1.29, 1.82) is 0 Å². The molecular weight excluding hydrogens is 258 g/mol. The summed E-state index contributed by atoms with van der Waals surface area (Å²) in [6.45, 7) is 3.53. The van der Waals surface area contributed by atoms with Gasteiger partial charge in [0, 0.05) is 33.1 Å². The largest absolute Gasteiger partial charge is 0.507 e. The Morgan fingerprint density at radius 3 is 2.73 bits per heavy atom. The molecule has 0 aromatic heterocycles. The van der Waals surface area contributed by atoms with Crippen LogP contribution in [0.2, 0.25) is 0 Å². The molecule has 0 bridgehead atoms. The number of nitrogens with one attached hydrogen (secondary N) is 1. The number of carbonyl (C=O) groups is 1. The molecule has 0 heterocycles. The number of hydrogen-bond acceptors (Lipinski definition) is 2. The van der Waals surface area contributed by atoms with E-state index in [0.717, 1.165) is 5.56 Å². The first kappa shape index (κ1) is 11.6. The summed E-state index contributed by atoms with van der Waals surface area (Å²) in [6, 6.07) is 3.47. The molecular formula is C11H10BrNO2. The van der Waals surface area contributed by atoms with Gasteiger partial charge < -0.3 is 10.4 Å². The van der Waals surface area contributed by atoms with E-state index >= 15 is 0 Å². The van der Waals surface area contributed by atoms with Crippen LogP contribution in [0.1, 0.15) is 11.1 Å². The van der Waals surface area contributed by atoms with Crippen molar-refractivity contribution in [1.82, 2.24) is 0 Å². The van der Waals surface area contributed by atoms with Crippen LogP contribution < -0.4 is 5.32 Å². The highest BCUT2D eigenvalue weighted by Crippen LogP contribution is 2.27. The second-order valence-corrected chi connectivity index (χ2v) is 3.47. The Bertz CT molecular complexity index is 458. The molecule has 1 rings (SSSR count). The topological polar surface area (TPSA) is 49.3 Å². The number of carbonyl (C=O) groups excluding carboxylic acids is 1. The normalized spacial score (nSPS) is 9.00. The molecule has 3 nitrogen and oxygen atoms in total. The van der Waals surface area contributed by atoms with E-state index in [2.05, 4.69) is 32.0 Å². The number of amides is 1. The van der Waals surface area contributed by atoms with E-state index in [9.17, 15) is 9.90 Å². The van der Waals surface area contributed by atoms with Gasteiger partial charge in [-0.3, -0.25) is 4.79 Å². The molecule has 78 valence electrons. The number of halogens is 1. The van der Waals surface area contributed by atoms with Gasteiger partial charge >= 0.3 is 5.91 Å². The molecule has 0 unspecified atom stereocenters. The van der Waals surface area contributed by atoms with E-state index in [1.54, 1.807) is 26.0 Å².